The molecule has 4 heteroatoms. The molecule has 2 N–H and O–H groups in total. The van der Waals surface area contributed by atoms with Gasteiger partial charge in [0.25, 0.3) is 0 Å². The lowest BCUT2D eigenvalue weighted by atomic mass is 10.1. The molecule has 3 nitrogen and oxygen atoms in total. The zero-order valence-electron chi connectivity index (χ0n) is 7.66. The highest BCUT2D eigenvalue weighted by Crippen LogP contribution is 2.22. The Labute approximate surface area is 81.0 Å². The molecule has 1 rings (SSSR count). The molecular weight excluding hydrogens is 185 g/mol. The second-order valence-corrected chi connectivity index (χ2v) is 2.59. The number of ether oxygens (including phenoxy) is 1. The van der Waals surface area contributed by atoms with E-state index in [1.165, 1.54) is 25.3 Å². The van der Waals surface area contributed by atoms with Gasteiger partial charge >= 0.3 is 0 Å². The smallest absolute Gasteiger partial charge is 0.241 e. The van der Waals surface area contributed by atoms with Crippen molar-refractivity contribution < 1.29 is 13.9 Å². The van der Waals surface area contributed by atoms with E-state index in [1.807, 2.05) is 0 Å². The van der Waals surface area contributed by atoms with E-state index in [-0.39, 0.29) is 5.56 Å². The monoisotopic (exact) mass is 195 g/mol. The van der Waals surface area contributed by atoms with Crippen LogP contribution < -0.4 is 10.5 Å². The van der Waals surface area contributed by atoms with Gasteiger partial charge in [-0.25, -0.2) is 4.39 Å². The van der Waals surface area contributed by atoms with E-state index >= 15 is 0 Å². The molecule has 0 heterocycles. The third-order valence-electron chi connectivity index (χ3n) is 1.65. The van der Waals surface area contributed by atoms with Crippen LogP contribution in [-0.2, 0) is 4.79 Å². The Hall–Kier alpha value is -1.84. The highest BCUT2D eigenvalue weighted by Gasteiger charge is 2.04. The first-order valence-electron chi connectivity index (χ1n) is 3.95. The van der Waals surface area contributed by atoms with Crippen molar-refractivity contribution in [3.05, 3.63) is 35.7 Å². The average Bonchev–Trinajstić information content (AvgIpc) is 2.15. The fourth-order valence-corrected chi connectivity index (χ4v) is 1.02. The van der Waals surface area contributed by atoms with Crippen LogP contribution in [0.25, 0.3) is 6.08 Å². The molecule has 0 fully saturated rings. The Balaban J connectivity index is 3.11. The topological polar surface area (TPSA) is 52.3 Å². The highest BCUT2D eigenvalue weighted by atomic mass is 19.1. The van der Waals surface area contributed by atoms with Crippen molar-refractivity contribution in [3.63, 3.8) is 0 Å². The van der Waals surface area contributed by atoms with Crippen LogP contribution >= 0.6 is 0 Å². The molecule has 14 heavy (non-hydrogen) atoms. The summed E-state index contributed by atoms with van der Waals surface area (Å²) >= 11 is 0. The summed E-state index contributed by atoms with van der Waals surface area (Å²) in [6.07, 6.45) is 2.37. The van der Waals surface area contributed by atoms with Crippen LogP contribution in [0.4, 0.5) is 4.39 Å². The quantitative estimate of drug-likeness (QED) is 0.740. The Bertz CT molecular complexity index is 374. The number of nitrogens with two attached hydrogens (primary N) is 1. The third-order valence-corrected chi connectivity index (χ3v) is 1.65. The Kier molecular flexibility index (Phi) is 3.23. The molecule has 0 aromatic heterocycles. The van der Waals surface area contributed by atoms with Crippen molar-refractivity contribution in [2.75, 3.05) is 7.11 Å². The summed E-state index contributed by atoms with van der Waals surface area (Å²) < 4.78 is 18.1. The average molecular weight is 195 g/mol. The summed E-state index contributed by atoms with van der Waals surface area (Å²) in [6.45, 7) is 0. The fourth-order valence-electron chi connectivity index (χ4n) is 1.02. The molecule has 0 bridgehead atoms. The van der Waals surface area contributed by atoms with E-state index in [0.717, 1.165) is 6.08 Å². The van der Waals surface area contributed by atoms with Crippen molar-refractivity contribution in [2.45, 2.75) is 0 Å². The van der Waals surface area contributed by atoms with Gasteiger partial charge < -0.3 is 10.5 Å². The van der Waals surface area contributed by atoms with Crippen LogP contribution in [0.15, 0.2) is 24.3 Å². The van der Waals surface area contributed by atoms with Gasteiger partial charge in [-0.1, -0.05) is 6.07 Å². The predicted octanol–water partition coefficient (Wildman–Crippen LogP) is 1.33. The molecule has 0 saturated heterocycles. The number of primary amides is 1. The number of carbonyl (C=O) groups excluding carboxylic acids is 1. The second-order valence-electron chi connectivity index (χ2n) is 2.59. The second kappa shape index (κ2) is 4.41. The van der Waals surface area contributed by atoms with Gasteiger partial charge in [0.05, 0.1) is 12.7 Å². The zero-order valence-corrected chi connectivity index (χ0v) is 7.66. The molecule has 0 radical (unpaired) electrons. The number of halogens is 1. The Morgan fingerprint density at radius 1 is 1.57 bits per heavy atom. The minimum Gasteiger partial charge on any atom is -0.496 e. The number of carbonyl (C=O) groups is 1. The molecule has 1 aromatic rings. The number of rotatable bonds is 3. The first kappa shape index (κ1) is 10.2. The van der Waals surface area contributed by atoms with Gasteiger partial charge in [0.2, 0.25) is 5.91 Å². The lowest BCUT2D eigenvalue weighted by Crippen LogP contribution is -2.05. The normalized spacial score (nSPS) is 10.4. The highest BCUT2D eigenvalue weighted by molar-refractivity contribution is 5.90. The largest absolute Gasteiger partial charge is 0.496 e. The summed E-state index contributed by atoms with van der Waals surface area (Å²) in [5, 5.41) is 0. The van der Waals surface area contributed by atoms with Gasteiger partial charge in [-0.2, -0.15) is 0 Å². The Morgan fingerprint density at radius 2 is 2.29 bits per heavy atom. The maximum Gasteiger partial charge on any atom is 0.241 e. The predicted molar refractivity (Wildman–Crippen MR) is 51.2 cm³/mol. The zero-order chi connectivity index (χ0) is 10.6. The van der Waals surface area contributed by atoms with Gasteiger partial charge in [-0.05, 0) is 18.2 Å². The van der Waals surface area contributed by atoms with Crippen LogP contribution in [0.2, 0.25) is 0 Å². The van der Waals surface area contributed by atoms with E-state index in [0.29, 0.717) is 5.75 Å². The van der Waals surface area contributed by atoms with Crippen molar-refractivity contribution in [1.82, 2.24) is 0 Å². The van der Waals surface area contributed by atoms with Crippen molar-refractivity contribution in [2.24, 2.45) is 5.73 Å². The van der Waals surface area contributed by atoms with E-state index in [9.17, 15) is 9.18 Å². The molecule has 0 aliphatic rings. The number of amides is 1. The summed E-state index contributed by atoms with van der Waals surface area (Å²) in [4.78, 5) is 10.5. The summed E-state index contributed by atoms with van der Waals surface area (Å²) in [6, 6.07) is 4.41. The van der Waals surface area contributed by atoms with E-state index in [4.69, 9.17) is 10.5 Å². The van der Waals surface area contributed by atoms with Crippen molar-refractivity contribution in [1.29, 1.82) is 0 Å². The lowest BCUT2D eigenvalue weighted by molar-refractivity contribution is -0.113. The van der Waals surface area contributed by atoms with Gasteiger partial charge in [-0.15, -0.1) is 0 Å². The first-order chi connectivity index (χ1) is 6.65. The lowest BCUT2D eigenvalue weighted by Gasteiger charge is -2.04. The van der Waals surface area contributed by atoms with Gasteiger partial charge in [0.1, 0.15) is 11.6 Å². The summed E-state index contributed by atoms with van der Waals surface area (Å²) in [7, 11) is 1.43. The molecule has 1 amide bonds. The van der Waals surface area contributed by atoms with Crippen LogP contribution in [0.3, 0.4) is 0 Å². The minimum absolute atomic E-state index is 0.216. The number of benzene rings is 1. The SMILES string of the molecule is COc1cccc(F)c1/C=C/C(N)=O. The molecule has 0 atom stereocenters. The number of hydrogen-bond acceptors (Lipinski definition) is 2. The van der Waals surface area contributed by atoms with E-state index < -0.39 is 11.7 Å². The molecule has 0 spiro atoms. The minimum atomic E-state index is -0.629. The van der Waals surface area contributed by atoms with Crippen LogP contribution in [0.5, 0.6) is 5.75 Å². The van der Waals surface area contributed by atoms with Crippen LogP contribution in [0, 0.1) is 5.82 Å². The van der Waals surface area contributed by atoms with Gasteiger partial charge in [0.15, 0.2) is 0 Å². The molecule has 0 unspecified atom stereocenters. The van der Waals surface area contributed by atoms with Crippen LogP contribution in [-0.4, -0.2) is 13.0 Å². The number of methoxy groups -OCH3 is 1. The molecule has 0 aliphatic heterocycles. The van der Waals surface area contributed by atoms with Crippen molar-refractivity contribution in [3.8, 4) is 5.75 Å². The van der Waals surface area contributed by atoms with Crippen molar-refractivity contribution >= 4 is 12.0 Å². The first-order valence-corrected chi connectivity index (χ1v) is 3.95. The van der Waals surface area contributed by atoms with Crippen LogP contribution in [0.1, 0.15) is 5.56 Å². The standard InChI is InChI=1S/C10H10FNO2/c1-14-9-4-2-3-8(11)7(9)5-6-10(12)13/h2-6H,1H3,(H2,12,13)/b6-5+. The number of hydrogen-bond donors (Lipinski definition) is 1. The van der Waals surface area contributed by atoms with E-state index in [1.54, 1.807) is 6.07 Å². The molecule has 0 saturated carbocycles. The molecule has 0 aliphatic carbocycles. The molecule has 74 valence electrons. The molecular formula is C10H10FNO2. The summed E-state index contributed by atoms with van der Waals surface area (Å²) in [5.41, 5.74) is 5.11. The fraction of sp³-hybridized carbons (Fsp3) is 0.100. The third kappa shape index (κ3) is 2.32. The summed E-state index contributed by atoms with van der Waals surface area (Å²) in [5.74, 6) is -0.723. The maximum atomic E-state index is 13.2. The van der Waals surface area contributed by atoms with E-state index in [2.05, 4.69) is 0 Å². The van der Waals surface area contributed by atoms with Gasteiger partial charge in [-0.3, -0.25) is 4.79 Å². The molecule has 1 aromatic carbocycles. The maximum absolute atomic E-state index is 13.2. The van der Waals surface area contributed by atoms with Gasteiger partial charge in [0, 0.05) is 6.08 Å². The Morgan fingerprint density at radius 3 is 2.86 bits per heavy atom.